The zero-order valence-corrected chi connectivity index (χ0v) is 13.3. The molecule has 0 aromatic heterocycles. The van der Waals surface area contributed by atoms with Gasteiger partial charge in [0.25, 0.3) is 0 Å². The molecule has 6 heteroatoms. The molecule has 0 bridgehead atoms. The summed E-state index contributed by atoms with van der Waals surface area (Å²) in [6.07, 6.45) is 0. The molecule has 0 aliphatic heterocycles. The van der Waals surface area contributed by atoms with Crippen molar-refractivity contribution in [1.82, 2.24) is 0 Å². The van der Waals surface area contributed by atoms with Gasteiger partial charge in [-0.3, -0.25) is 0 Å². The van der Waals surface area contributed by atoms with Crippen LogP contribution in [-0.4, -0.2) is 26.8 Å². The Morgan fingerprint density at radius 3 is 2.22 bits per heavy atom. The van der Waals surface area contributed by atoms with Gasteiger partial charge in [0, 0.05) is 24.4 Å². The van der Waals surface area contributed by atoms with Gasteiger partial charge in [-0.15, -0.1) is 0 Å². The van der Waals surface area contributed by atoms with E-state index in [9.17, 15) is 12.8 Å². The Bertz CT molecular complexity index is 804. The van der Waals surface area contributed by atoms with Gasteiger partial charge in [0.15, 0.2) is 9.84 Å². The van der Waals surface area contributed by atoms with E-state index in [0.717, 1.165) is 0 Å². The third kappa shape index (κ3) is 2.47. The molecule has 0 saturated heterocycles. The SMILES string of the molecule is NCC1(CN)[C@H](c2cccc(F)c2)[C@@H]1S(=O)(=O)c1ccccc1. The fourth-order valence-corrected chi connectivity index (χ4v) is 5.97. The summed E-state index contributed by atoms with van der Waals surface area (Å²) in [7, 11) is -3.59. The van der Waals surface area contributed by atoms with Crippen LogP contribution in [-0.2, 0) is 9.84 Å². The minimum Gasteiger partial charge on any atom is -0.330 e. The van der Waals surface area contributed by atoms with Crippen molar-refractivity contribution in [3.8, 4) is 0 Å². The lowest BCUT2D eigenvalue weighted by molar-refractivity contribution is 0.509. The molecule has 0 radical (unpaired) electrons. The highest BCUT2D eigenvalue weighted by molar-refractivity contribution is 7.92. The van der Waals surface area contributed by atoms with Crippen LogP contribution in [0.25, 0.3) is 0 Å². The molecule has 1 aliphatic carbocycles. The average Bonchev–Trinajstić information content (AvgIpc) is 3.26. The number of halogens is 1. The summed E-state index contributed by atoms with van der Waals surface area (Å²) in [5.41, 5.74) is 11.6. The fourth-order valence-electron chi connectivity index (χ4n) is 3.47. The molecule has 0 unspecified atom stereocenters. The van der Waals surface area contributed by atoms with E-state index in [4.69, 9.17) is 11.5 Å². The number of nitrogens with two attached hydrogens (primary N) is 2. The summed E-state index contributed by atoms with van der Waals surface area (Å²) in [5.74, 6) is -0.786. The summed E-state index contributed by atoms with van der Waals surface area (Å²) in [4.78, 5) is 0.246. The van der Waals surface area contributed by atoms with Crippen molar-refractivity contribution in [2.75, 3.05) is 13.1 Å². The molecular weight excluding hydrogens is 315 g/mol. The minimum atomic E-state index is -3.59. The van der Waals surface area contributed by atoms with Crippen LogP contribution < -0.4 is 11.5 Å². The summed E-state index contributed by atoms with van der Waals surface area (Å²) < 4.78 is 39.5. The van der Waals surface area contributed by atoms with E-state index in [1.165, 1.54) is 12.1 Å². The van der Waals surface area contributed by atoms with Crippen molar-refractivity contribution in [1.29, 1.82) is 0 Å². The highest BCUT2D eigenvalue weighted by Crippen LogP contribution is 2.62. The van der Waals surface area contributed by atoms with Gasteiger partial charge in [-0.1, -0.05) is 30.3 Å². The molecule has 4 nitrogen and oxygen atoms in total. The molecule has 2 aromatic rings. The van der Waals surface area contributed by atoms with E-state index in [1.807, 2.05) is 0 Å². The molecule has 0 spiro atoms. The third-order valence-electron chi connectivity index (χ3n) is 4.75. The molecule has 3 rings (SSSR count). The summed E-state index contributed by atoms with van der Waals surface area (Å²) in [6, 6.07) is 14.3. The molecule has 2 aromatic carbocycles. The van der Waals surface area contributed by atoms with Gasteiger partial charge < -0.3 is 11.5 Å². The summed E-state index contributed by atoms with van der Waals surface area (Å²) in [6.45, 7) is 0.281. The van der Waals surface area contributed by atoms with Crippen LogP contribution in [0.2, 0.25) is 0 Å². The Labute approximate surface area is 135 Å². The first-order valence-corrected chi connectivity index (χ1v) is 8.96. The monoisotopic (exact) mass is 334 g/mol. The highest BCUT2D eigenvalue weighted by Gasteiger charge is 2.69. The van der Waals surface area contributed by atoms with E-state index >= 15 is 0 Å². The second kappa shape index (κ2) is 5.70. The smallest absolute Gasteiger partial charge is 0.182 e. The average molecular weight is 334 g/mol. The van der Waals surface area contributed by atoms with Crippen molar-refractivity contribution < 1.29 is 12.8 Å². The van der Waals surface area contributed by atoms with Crippen molar-refractivity contribution in [2.45, 2.75) is 16.1 Å². The highest BCUT2D eigenvalue weighted by atomic mass is 32.2. The number of hydrogen-bond donors (Lipinski definition) is 2. The van der Waals surface area contributed by atoms with Crippen molar-refractivity contribution in [3.05, 3.63) is 66.0 Å². The maximum Gasteiger partial charge on any atom is 0.182 e. The van der Waals surface area contributed by atoms with E-state index < -0.39 is 32.2 Å². The van der Waals surface area contributed by atoms with Crippen molar-refractivity contribution in [2.24, 2.45) is 16.9 Å². The molecular formula is C17H19FN2O2S. The van der Waals surface area contributed by atoms with Gasteiger partial charge in [0.2, 0.25) is 0 Å². The van der Waals surface area contributed by atoms with Gasteiger partial charge in [0.1, 0.15) is 5.82 Å². The van der Waals surface area contributed by atoms with Crippen LogP contribution in [0.4, 0.5) is 4.39 Å². The van der Waals surface area contributed by atoms with Crippen molar-refractivity contribution in [3.63, 3.8) is 0 Å². The molecule has 1 fully saturated rings. The van der Waals surface area contributed by atoms with Crippen LogP contribution in [0.5, 0.6) is 0 Å². The molecule has 0 amide bonds. The number of rotatable bonds is 5. The van der Waals surface area contributed by atoms with Gasteiger partial charge in [0.05, 0.1) is 10.1 Å². The quantitative estimate of drug-likeness (QED) is 0.871. The molecule has 1 aliphatic rings. The molecule has 4 N–H and O–H groups in total. The molecule has 0 heterocycles. The number of benzene rings is 2. The Morgan fingerprint density at radius 2 is 1.65 bits per heavy atom. The zero-order chi connectivity index (χ0) is 16.7. The van der Waals surface area contributed by atoms with Crippen molar-refractivity contribution >= 4 is 9.84 Å². The fraction of sp³-hybridized carbons (Fsp3) is 0.294. The van der Waals surface area contributed by atoms with E-state index in [0.29, 0.717) is 5.56 Å². The van der Waals surface area contributed by atoms with Crippen LogP contribution >= 0.6 is 0 Å². The van der Waals surface area contributed by atoms with E-state index in [-0.39, 0.29) is 18.0 Å². The first-order valence-electron chi connectivity index (χ1n) is 7.42. The Morgan fingerprint density at radius 1 is 1.00 bits per heavy atom. The first-order chi connectivity index (χ1) is 11.0. The lowest BCUT2D eigenvalue weighted by Crippen LogP contribution is -2.31. The largest absolute Gasteiger partial charge is 0.330 e. The van der Waals surface area contributed by atoms with E-state index in [2.05, 4.69) is 0 Å². The minimum absolute atomic E-state index is 0.140. The Hall–Kier alpha value is -1.76. The Balaban J connectivity index is 2.07. The summed E-state index contributed by atoms with van der Waals surface area (Å²) >= 11 is 0. The van der Waals surface area contributed by atoms with Crippen LogP contribution in [0.15, 0.2) is 59.5 Å². The standard InChI is InChI=1S/C17H19FN2O2S/c18-13-6-4-5-12(9-13)15-16(17(15,10-19)11-20)23(21,22)14-7-2-1-3-8-14/h1-9,15-16H,10-11,19-20H2/t15-,16+/m1/s1. The lowest BCUT2D eigenvalue weighted by atomic mass is 9.99. The molecule has 122 valence electrons. The normalized spacial score (nSPS) is 22.7. The van der Waals surface area contributed by atoms with Crippen LogP contribution in [0, 0.1) is 11.2 Å². The topological polar surface area (TPSA) is 86.2 Å². The molecule has 2 atom stereocenters. The van der Waals surface area contributed by atoms with Gasteiger partial charge in [-0.05, 0) is 29.8 Å². The van der Waals surface area contributed by atoms with Gasteiger partial charge in [-0.2, -0.15) is 0 Å². The predicted octanol–water partition coefficient (Wildman–Crippen LogP) is 1.67. The second-order valence-electron chi connectivity index (χ2n) is 5.95. The van der Waals surface area contributed by atoms with E-state index in [1.54, 1.807) is 42.5 Å². The number of sulfone groups is 1. The maximum absolute atomic E-state index is 13.5. The second-order valence-corrected chi connectivity index (χ2v) is 8.02. The third-order valence-corrected chi connectivity index (χ3v) is 7.09. The molecule has 23 heavy (non-hydrogen) atoms. The summed E-state index contributed by atoms with van der Waals surface area (Å²) in [5, 5.41) is -0.728. The van der Waals surface area contributed by atoms with Gasteiger partial charge >= 0.3 is 0 Å². The number of hydrogen-bond acceptors (Lipinski definition) is 4. The zero-order valence-electron chi connectivity index (χ0n) is 12.5. The van der Waals surface area contributed by atoms with Gasteiger partial charge in [-0.25, -0.2) is 12.8 Å². The predicted molar refractivity (Wildman–Crippen MR) is 87.1 cm³/mol. The Kier molecular flexibility index (Phi) is 4.00. The lowest BCUT2D eigenvalue weighted by Gasteiger charge is -2.13. The van der Waals surface area contributed by atoms with Crippen LogP contribution in [0.1, 0.15) is 11.5 Å². The maximum atomic E-state index is 13.5. The molecule has 1 saturated carbocycles. The first kappa shape index (κ1) is 16.1. The van der Waals surface area contributed by atoms with Crippen LogP contribution in [0.3, 0.4) is 0 Å².